The maximum Gasteiger partial charge on any atom is 0.0644 e. The minimum absolute atomic E-state index is 0.413. The molecule has 0 spiro atoms. The SMILES string of the molecule is CCC(NC)c1c(C)nn(CCC2CCCO2)c1C. The number of aryl methyl sites for hydroxylation is 2. The summed E-state index contributed by atoms with van der Waals surface area (Å²) in [5, 5.41) is 8.09. The van der Waals surface area contributed by atoms with Crippen LogP contribution in [-0.2, 0) is 11.3 Å². The van der Waals surface area contributed by atoms with E-state index >= 15 is 0 Å². The first-order valence-electron chi connectivity index (χ1n) is 7.50. The normalized spacial score (nSPS) is 20.9. The van der Waals surface area contributed by atoms with Crippen molar-refractivity contribution in [2.45, 2.75) is 65.1 Å². The molecule has 1 aliphatic heterocycles. The molecule has 1 aromatic heterocycles. The van der Waals surface area contributed by atoms with E-state index in [0.29, 0.717) is 12.1 Å². The summed E-state index contributed by atoms with van der Waals surface area (Å²) in [5.41, 5.74) is 3.83. The Morgan fingerprint density at radius 2 is 2.26 bits per heavy atom. The van der Waals surface area contributed by atoms with E-state index in [1.807, 2.05) is 7.05 Å². The number of hydrogen-bond donors (Lipinski definition) is 1. The van der Waals surface area contributed by atoms with Crippen molar-refractivity contribution in [2.75, 3.05) is 13.7 Å². The average molecular weight is 265 g/mol. The Balaban J connectivity index is 2.06. The van der Waals surface area contributed by atoms with E-state index in [-0.39, 0.29) is 0 Å². The third-order valence-corrected chi connectivity index (χ3v) is 4.23. The summed E-state index contributed by atoms with van der Waals surface area (Å²) >= 11 is 0. The predicted molar refractivity (Wildman–Crippen MR) is 77.4 cm³/mol. The zero-order valence-corrected chi connectivity index (χ0v) is 12.7. The summed E-state index contributed by atoms with van der Waals surface area (Å²) in [5.74, 6) is 0. The molecule has 4 heteroatoms. The fraction of sp³-hybridized carbons (Fsp3) is 0.800. The Morgan fingerprint density at radius 3 is 2.84 bits per heavy atom. The first-order valence-corrected chi connectivity index (χ1v) is 7.50. The number of nitrogens with zero attached hydrogens (tertiary/aromatic N) is 2. The summed E-state index contributed by atoms with van der Waals surface area (Å²) in [6.07, 6.45) is 5.04. The molecule has 1 aliphatic rings. The van der Waals surface area contributed by atoms with Crippen molar-refractivity contribution in [3.05, 3.63) is 17.0 Å². The highest BCUT2D eigenvalue weighted by atomic mass is 16.5. The molecule has 0 amide bonds. The highest BCUT2D eigenvalue weighted by Crippen LogP contribution is 2.24. The van der Waals surface area contributed by atoms with Gasteiger partial charge in [-0.05, 0) is 46.6 Å². The van der Waals surface area contributed by atoms with Gasteiger partial charge in [-0.1, -0.05) is 6.92 Å². The van der Waals surface area contributed by atoms with Crippen LogP contribution in [0.3, 0.4) is 0 Å². The van der Waals surface area contributed by atoms with E-state index in [4.69, 9.17) is 9.84 Å². The summed E-state index contributed by atoms with van der Waals surface area (Å²) < 4.78 is 7.85. The van der Waals surface area contributed by atoms with Gasteiger partial charge in [0, 0.05) is 30.5 Å². The molecule has 1 aromatic rings. The monoisotopic (exact) mass is 265 g/mol. The van der Waals surface area contributed by atoms with Gasteiger partial charge in [-0.25, -0.2) is 0 Å². The fourth-order valence-corrected chi connectivity index (χ4v) is 3.12. The van der Waals surface area contributed by atoms with Crippen LogP contribution < -0.4 is 5.32 Å². The van der Waals surface area contributed by atoms with Crippen LogP contribution in [0.5, 0.6) is 0 Å². The van der Waals surface area contributed by atoms with E-state index < -0.39 is 0 Å². The number of nitrogens with one attached hydrogen (secondary N) is 1. The van der Waals surface area contributed by atoms with Gasteiger partial charge in [-0.3, -0.25) is 4.68 Å². The Morgan fingerprint density at radius 1 is 1.47 bits per heavy atom. The van der Waals surface area contributed by atoms with Gasteiger partial charge < -0.3 is 10.1 Å². The quantitative estimate of drug-likeness (QED) is 0.859. The van der Waals surface area contributed by atoms with Crippen LogP contribution in [0.15, 0.2) is 0 Å². The number of rotatable bonds is 6. The topological polar surface area (TPSA) is 39.1 Å². The summed E-state index contributed by atoms with van der Waals surface area (Å²) in [4.78, 5) is 0. The maximum absolute atomic E-state index is 5.69. The van der Waals surface area contributed by atoms with Gasteiger partial charge in [0.2, 0.25) is 0 Å². The van der Waals surface area contributed by atoms with Crippen molar-refractivity contribution in [2.24, 2.45) is 0 Å². The highest BCUT2D eigenvalue weighted by Gasteiger charge is 2.20. The Bertz CT molecular complexity index is 404. The van der Waals surface area contributed by atoms with E-state index in [9.17, 15) is 0 Å². The molecule has 4 nitrogen and oxygen atoms in total. The maximum atomic E-state index is 5.69. The second-order valence-corrected chi connectivity index (χ2v) is 5.48. The van der Waals surface area contributed by atoms with Gasteiger partial charge in [0.05, 0.1) is 11.8 Å². The van der Waals surface area contributed by atoms with Crippen molar-refractivity contribution < 1.29 is 4.74 Å². The van der Waals surface area contributed by atoms with Crippen LogP contribution in [0, 0.1) is 13.8 Å². The van der Waals surface area contributed by atoms with Crippen LogP contribution in [-0.4, -0.2) is 29.5 Å². The van der Waals surface area contributed by atoms with E-state index in [0.717, 1.165) is 31.7 Å². The molecular formula is C15H27N3O. The third-order valence-electron chi connectivity index (χ3n) is 4.23. The van der Waals surface area contributed by atoms with Crippen LogP contribution in [0.2, 0.25) is 0 Å². The Hall–Kier alpha value is -0.870. The van der Waals surface area contributed by atoms with Crippen LogP contribution in [0.4, 0.5) is 0 Å². The molecule has 2 rings (SSSR count). The Kier molecular flexibility index (Phi) is 4.99. The first kappa shape index (κ1) is 14.5. The van der Waals surface area contributed by atoms with Gasteiger partial charge in [0.25, 0.3) is 0 Å². The van der Waals surface area contributed by atoms with Gasteiger partial charge in [-0.2, -0.15) is 5.10 Å². The fourth-order valence-electron chi connectivity index (χ4n) is 3.12. The third kappa shape index (κ3) is 3.18. The van der Waals surface area contributed by atoms with Gasteiger partial charge in [0.15, 0.2) is 0 Å². The first-order chi connectivity index (χ1) is 9.17. The molecule has 2 heterocycles. The molecule has 2 unspecified atom stereocenters. The van der Waals surface area contributed by atoms with Crippen molar-refractivity contribution >= 4 is 0 Å². The number of ether oxygens (including phenoxy) is 1. The van der Waals surface area contributed by atoms with Crippen LogP contribution in [0.1, 0.15) is 55.6 Å². The molecule has 19 heavy (non-hydrogen) atoms. The summed E-state index contributed by atoms with van der Waals surface area (Å²) in [6, 6.07) is 0.413. The molecule has 0 aliphatic carbocycles. The highest BCUT2D eigenvalue weighted by molar-refractivity contribution is 5.28. The van der Waals surface area contributed by atoms with Crippen molar-refractivity contribution in [3.8, 4) is 0 Å². The molecule has 1 saturated heterocycles. The summed E-state index contributed by atoms with van der Waals surface area (Å²) in [6.45, 7) is 8.42. The molecule has 1 N–H and O–H groups in total. The lowest BCUT2D eigenvalue weighted by Crippen LogP contribution is -2.17. The van der Waals surface area contributed by atoms with Gasteiger partial charge in [-0.15, -0.1) is 0 Å². The number of hydrogen-bond acceptors (Lipinski definition) is 3. The lowest BCUT2D eigenvalue weighted by molar-refractivity contribution is 0.0992. The van der Waals surface area contributed by atoms with E-state index in [2.05, 4.69) is 30.8 Å². The van der Waals surface area contributed by atoms with Crippen LogP contribution in [0.25, 0.3) is 0 Å². The lowest BCUT2D eigenvalue weighted by atomic mass is 10.0. The minimum atomic E-state index is 0.413. The summed E-state index contributed by atoms with van der Waals surface area (Å²) in [7, 11) is 2.02. The van der Waals surface area contributed by atoms with Crippen molar-refractivity contribution in [1.82, 2.24) is 15.1 Å². The molecule has 0 bridgehead atoms. The standard InChI is InChI=1S/C15H27N3O/c1-5-14(16-4)15-11(2)17-18(12(15)3)9-8-13-7-6-10-19-13/h13-14,16H,5-10H2,1-4H3. The minimum Gasteiger partial charge on any atom is -0.378 e. The molecule has 0 radical (unpaired) electrons. The second kappa shape index (κ2) is 6.53. The second-order valence-electron chi connectivity index (χ2n) is 5.48. The van der Waals surface area contributed by atoms with Gasteiger partial charge >= 0.3 is 0 Å². The lowest BCUT2D eigenvalue weighted by Gasteiger charge is -2.15. The zero-order valence-electron chi connectivity index (χ0n) is 12.7. The van der Waals surface area contributed by atoms with E-state index in [1.54, 1.807) is 0 Å². The average Bonchev–Trinajstić information content (AvgIpc) is 3.00. The largest absolute Gasteiger partial charge is 0.378 e. The van der Waals surface area contributed by atoms with Crippen LogP contribution >= 0.6 is 0 Å². The van der Waals surface area contributed by atoms with E-state index in [1.165, 1.54) is 24.1 Å². The van der Waals surface area contributed by atoms with Crippen molar-refractivity contribution in [1.29, 1.82) is 0 Å². The smallest absolute Gasteiger partial charge is 0.0644 e. The predicted octanol–water partition coefficient (Wildman–Crippen LogP) is 2.74. The molecule has 0 saturated carbocycles. The van der Waals surface area contributed by atoms with Crippen molar-refractivity contribution in [3.63, 3.8) is 0 Å². The van der Waals surface area contributed by atoms with Gasteiger partial charge in [0.1, 0.15) is 0 Å². The molecule has 0 aromatic carbocycles. The number of aromatic nitrogens is 2. The Labute approximate surface area is 116 Å². The zero-order chi connectivity index (χ0) is 13.8. The molecule has 1 fully saturated rings. The molecule has 2 atom stereocenters. The molecule has 108 valence electrons. The molecular weight excluding hydrogens is 238 g/mol.